The fraction of sp³-hybridized carbons (Fsp3) is 0.0556. The van der Waals surface area contributed by atoms with E-state index in [9.17, 15) is 14.4 Å². The number of hydrogen-bond acceptors (Lipinski definition) is 4. The van der Waals surface area contributed by atoms with Gasteiger partial charge in [0.05, 0.1) is 12.8 Å². The Morgan fingerprint density at radius 1 is 1.00 bits per heavy atom. The smallest absolute Gasteiger partial charge is 0.335 e. The molecule has 0 unspecified atom stereocenters. The van der Waals surface area contributed by atoms with Gasteiger partial charge in [0.1, 0.15) is 11.3 Å². The largest absolute Gasteiger partial charge is 0.497 e. The lowest BCUT2D eigenvalue weighted by Crippen LogP contribution is -2.54. The first kappa shape index (κ1) is 15.5. The molecule has 1 heterocycles. The van der Waals surface area contributed by atoms with Crippen molar-refractivity contribution in [2.24, 2.45) is 0 Å². The maximum absolute atomic E-state index is 12.7. The van der Waals surface area contributed by atoms with E-state index in [0.717, 1.165) is 4.90 Å². The fourth-order valence-corrected chi connectivity index (χ4v) is 2.37. The van der Waals surface area contributed by atoms with Crippen LogP contribution in [0.3, 0.4) is 0 Å². The number of nitrogens with zero attached hydrogens (tertiary/aromatic N) is 1. The van der Waals surface area contributed by atoms with Crippen molar-refractivity contribution in [3.8, 4) is 5.75 Å². The highest BCUT2D eigenvalue weighted by molar-refractivity contribution is 6.39. The quantitative estimate of drug-likeness (QED) is 0.695. The second-order valence-electron chi connectivity index (χ2n) is 5.07. The van der Waals surface area contributed by atoms with E-state index < -0.39 is 17.8 Å². The van der Waals surface area contributed by atoms with Gasteiger partial charge in [-0.05, 0) is 35.9 Å². The molecule has 0 bridgehead atoms. The summed E-state index contributed by atoms with van der Waals surface area (Å²) in [6.45, 7) is 0. The number of benzene rings is 2. The Bertz CT molecular complexity index is 843. The fourth-order valence-electron chi connectivity index (χ4n) is 2.37. The van der Waals surface area contributed by atoms with Gasteiger partial charge in [0, 0.05) is 0 Å². The number of barbiturate groups is 1. The molecule has 120 valence electrons. The summed E-state index contributed by atoms with van der Waals surface area (Å²) in [5.74, 6) is -0.790. The third kappa shape index (κ3) is 2.89. The van der Waals surface area contributed by atoms with Crippen molar-refractivity contribution in [2.75, 3.05) is 12.0 Å². The van der Waals surface area contributed by atoms with Crippen LogP contribution in [-0.2, 0) is 9.59 Å². The third-order valence-electron chi connectivity index (χ3n) is 3.52. The lowest BCUT2D eigenvalue weighted by Gasteiger charge is -2.26. The number of hydrogen-bond donors (Lipinski definition) is 1. The zero-order chi connectivity index (χ0) is 17.1. The van der Waals surface area contributed by atoms with Crippen LogP contribution in [0.25, 0.3) is 6.08 Å². The summed E-state index contributed by atoms with van der Waals surface area (Å²) in [5.41, 5.74) is 0.894. The number of rotatable bonds is 3. The Labute approximate surface area is 138 Å². The van der Waals surface area contributed by atoms with Gasteiger partial charge in [-0.15, -0.1) is 0 Å². The number of methoxy groups -OCH3 is 1. The molecule has 24 heavy (non-hydrogen) atoms. The Hall–Kier alpha value is -3.41. The average molecular weight is 322 g/mol. The highest BCUT2D eigenvalue weighted by Gasteiger charge is 2.36. The lowest BCUT2D eigenvalue weighted by atomic mass is 10.1. The zero-order valence-electron chi connectivity index (χ0n) is 12.9. The van der Waals surface area contributed by atoms with E-state index in [1.807, 2.05) is 0 Å². The average Bonchev–Trinajstić information content (AvgIpc) is 2.59. The summed E-state index contributed by atoms with van der Waals surface area (Å²) >= 11 is 0. The van der Waals surface area contributed by atoms with Crippen molar-refractivity contribution in [1.29, 1.82) is 0 Å². The molecule has 0 saturated carbocycles. The van der Waals surface area contributed by atoms with E-state index in [0.29, 0.717) is 17.0 Å². The standard InChI is InChI=1S/C18H14N2O4/c1-24-14-9-5-6-12(10-14)11-15-16(21)19-18(23)20(17(15)22)13-7-3-2-4-8-13/h2-11H,1H3,(H,19,21,23). The van der Waals surface area contributed by atoms with Crippen LogP contribution in [0.2, 0.25) is 0 Å². The molecular weight excluding hydrogens is 308 g/mol. The van der Waals surface area contributed by atoms with Crippen molar-refractivity contribution in [1.82, 2.24) is 5.32 Å². The number of carbonyl (C=O) groups is 3. The summed E-state index contributed by atoms with van der Waals surface area (Å²) in [7, 11) is 1.53. The maximum Gasteiger partial charge on any atom is 0.335 e. The van der Waals surface area contributed by atoms with E-state index in [1.54, 1.807) is 54.6 Å². The van der Waals surface area contributed by atoms with Crippen molar-refractivity contribution in [3.63, 3.8) is 0 Å². The van der Waals surface area contributed by atoms with Crippen molar-refractivity contribution in [2.45, 2.75) is 0 Å². The van der Waals surface area contributed by atoms with Crippen LogP contribution in [0.4, 0.5) is 10.5 Å². The Morgan fingerprint density at radius 2 is 1.75 bits per heavy atom. The van der Waals surface area contributed by atoms with Gasteiger partial charge in [-0.25, -0.2) is 9.69 Å². The van der Waals surface area contributed by atoms with Crippen LogP contribution >= 0.6 is 0 Å². The normalized spacial score (nSPS) is 16.3. The Morgan fingerprint density at radius 3 is 2.46 bits per heavy atom. The molecule has 0 atom stereocenters. The van der Waals surface area contributed by atoms with Gasteiger partial charge in [0.2, 0.25) is 0 Å². The molecular formula is C18H14N2O4. The molecule has 0 radical (unpaired) electrons. The van der Waals surface area contributed by atoms with Gasteiger partial charge in [0.15, 0.2) is 0 Å². The molecule has 1 saturated heterocycles. The predicted octanol–water partition coefficient (Wildman–Crippen LogP) is 2.36. The predicted molar refractivity (Wildman–Crippen MR) is 88.4 cm³/mol. The molecule has 0 spiro atoms. The number of nitrogens with one attached hydrogen (secondary N) is 1. The van der Waals surface area contributed by atoms with Crippen LogP contribution in [0, 0.1) is 0 Å². The van der Waals surface area contributed by atoms with Gasteiger partial charge in [-0.3, -0.25) is 14.9 Å². The highest BCUT2D eigenvalue weighted by Crippen LogP contribution is 2.22. The van der Waals surface area contributed by atoms with Crippen LogP contribution in [-0.4, -0.2) is 25.0 Å². The summed E-state index contributed by atoms with van der Waals surface area (Å²) in [6, 6.07) is 14.6. The minimum absolute atomic E-state index is 0.119. The second-order valence-corrected chi connectivity index (χ2v) is 5.07. The van der Waals surface area contributed by atoms with E-state index in [-0.39, 0.29) is 5.57 Å². The zero-order valence-corrected chi connectivity index (χ0v) is 12.9. The van der Waals surface area contributed by atoms with E-state index in [2.05, 4.69) is 5.32 Å². The molecule has 1 N–H and O–H groups in total. The van der Waals surface area contributed by atoms with E-state index >= 15 is 0 Å². The number of carbonyl (C=O) groups excluding carboxylic acids is 3. The number of amides is 4. The monoisotopic (exact) mass is 322 g/mol. The number of ether oxygens (including phenoxy) is 1. The van der Waals surface area contributed by atoms with Gasteiger partial charge in [-0.1, -0.05) is 30.3 Å². The molecule has 1 fully saturated rings. The van der Waals surface area contributed by atoms with Gasteiger partial charge >= 0.3 is 6.03 Å². The third-order valence-corrected chi connectivity index (χ3v) is 3.52. The van der Waals surface area contributed by atoms with Crippen molar-refractivity contribution in [3.05, 3.63) is 65.7 Å². The van der Waals surface area contributed by atoms with E-state index in [1.165, 1.54) is 13.2 Å². The van der Waals surface area contributed by atoms with E-state index in [4.69, 9.17) is 4.74 Å². The second kappa shape index (κ2) is 6.37. The Balaban J connectivity index is 2.00. The molecule has 1 aliphatic heterocycles. The summed E-state index contributed by atoms with van der Waals surface area (Å²) in [4.78, 5) is 37.7. The molecule has 2 aromatic carbocycles. The van der Waals surface area contributed by atoms with Crippen molar-refractivity contribution < 1.29 is 19.1 Å². The van der Waals surface area contributed by atoms with Gasteiger partial charge in [-0.2, -0.15) is 0 Å². The molecule has 0 aromatic heterocycles. The highest BCUT2D eigenvalue weighted by atomic mass is 16.5. The molecule has 6 nitrogen and oxygen atoms in total. The molecule has 3 rings (SSSR count). The first-order chi connectivity index (χ1) is 11.6. The Kier molecular flexibility index (Phi) is 4.11. The van der Waals surface area contributed by atoms with Crippen molar-refractivity contribution >= 4 is 29.6 Å². The SMILES string of the molecule is COc1cccc(C=C2C(=O)NC(=O)N(c3ccccc3)C2=O)c1. The van der Waals surface area contributed by atoms with Crippen LogP contribution < -0.4 is 15.0 Å². The van der Waals surface area contributed by atoms with Crippen LogP contribution in [0.1, 0.15) is 5.56 Å². The summed E-state index contributed by atoms with van der Waals surface area (Å²) in [6.07, 6.45) is 1.43. The minimum atomic E-state index is -0.765. The van der Waals surface area contributed by atoms with Gasteiger partial charge in [0.25, 0.3) is 11.8 Å². The first-order valence-electron chi connectivity index (χ1n) is 7.20. The summed E-state index contributed by atoms with van der Waals surface area (Å²) in [5, 5.41) is 2.18. The lowest BCUT2D eigenvalue weighted by molar-refractivity contribution is -0.122. The summed E-state index contributed by atoms with van der Waals surface area (Å²) < 4.78 is 5.13. The number of anilines is 1. The maximum atomic E-state index is 12.7. The topological polar surface area (TPSA) is 75.7 Å². The number of para-hydroxylation sites is 1. The molecule has 0 aliphatic carbocycles. The first-order valence-corrected chi connectivity index (χ1v) is 7.20. The van der Waals surface area contributed by atoms with Gasteiger partial charge < -0.3 is 4.74 Å². The minimum Gasteiger partial charge on any atom is -0.497 e. The molecule has 1 aliphatic rings. The van der Waals surface area contributed by atoms with Crippen LogP contribution in [0.5, 0.6) is 5.75 Å². The molecule has 4 amide bonds. The van der Waals surface area contributed by atoms with Crippen LogP contribution in [0.15, 0.2) is 60.2 Å². The molecule has 6 heteroatoms. The number of urea groups is 1. The molecule has 2 aromatic rings. The number of imide groups is 2.